The van der Waals surface area contributed by atoms with Gasteiger partial charge in [0.05, 0.1) is 6.10 Å². The molecule has 2 saturated carbocycles. The highest BCUT2D eigenvalue weighted by molar-refractivity contribution is 6.65. The number of ketones is 3. The second-order valence-electron chi connectivity index (χ2n) is 8.19. The van der Waals surface area contributed by atoms with Crippen LogP contribution in [0.5, 0.6) is 0 Å². The van der Waals surface area contributed by atoms with Gasteiger partial charge in [0.25, 0.3) is 5.78 Å². The van der Waals surface area contributed by atoms with Crippen LogP contribution in [-0.4, -0.2) is 39.6 Å². The Labute approximate surface area is 172 Å². The molecule has 2 aliphatic carbocycles. The minimum absolute atomic E-state index is 0.112. The molecule has 160 valence electrons. The molecule has 2 aliphatic rings. The van der Waals surface area contributed by atoms with E-state index in [2.05, 4.69) is 6.92 Å². The summed E-state index contributed by atoms with van der Waals surface area (Å²) >= 11 is 0. The second-order valence-corrected chi connectivity index (χ2v) is 8.19. The molecule has 2 fully saturated rings. The van der Waals surface area contributed by atoms with Crippen molar-refractivity contribution in [2.24, 2.45) is 23.7 Å². The fourth-order valence-electron chi connectivity index (χ4n) is 4.51. The molecule has 0 spiro atoms. The molecular formula is C23H32O6. The van der Waals surface area contributed by atoms with Gasteiger partial charge >= 0.3 is 5.97 Å². The Bertz CT molecular complexity index is 677. The van der Waals surface area contributed by atoms with Gasteiger partial charge < -0.3 is 10.2 Å². The first-order chi connectivity index (χ1) is 13.9. The Balaban J connectivity index is 2.05. The lowest BCUT2D eigenvalue weighted by Gasteiger charge is -2.19. The number of Topliss-reactive ketones (excluding diaryl/α,β-unsaturated/α-hetero) is 3. The van der Waals surface area contributed by atoms with Crippen molar-refractivity contribution >= 4 is 23.3 Å². The summed E-state index contributed by atoms with van der Waals surface area (Å²) in [7, 11) is 0. The maximum atomic E-state index is 12.3. The summed E-state index contributed by atoms with van der Waals surface area (Å²) in [5.74, 6) is -4.15. The smallest absolute Gasteiger partial charge is 0.303 e. The Morgan fingerprint density at radius 3 is 2.52 bits per heavy atom. The molecular weight excluding hydrogens is 372 g/mol. The number of fused-ring (bicyclic) bond motifs is 2. The van der Waals surface area contributed by atoms with Crippen molar-refractivity contribution in [1.82, 2.24) is 0 Å². The van der Waals surface area contributed by atoms with Crippen LogP contribution in [0, 0.1) is 23.7 Å². The van der Waals surface area contributed by atoms with Crippen molar-refractivity contribution in [1.29, 1.82) is 0 Å². The summed E-state index contributed by atoms with van der Waals surface area (Å²) in [5.41, 5.74) is 0. The van der Waals surface area contributed by atoms with Crippen LogP contribution in [0.3, 0.4) is 0 Å². The van der Waals surface area contributed by atoms with Crippen LogP contribution in [0.15, 0.2) is 24.3 Å². The summed E-state index contributed by atoms with van der Waals surface area (Å²) in [4.78, 5) is 47.3. The van der Waals surface area contributed by atoms with E-state index in [0.29, 0.717) is 32.1 Å². The minimum Gasteiger partial charge on any atom is -0.481 e. The molecule has 0 aromatic carbocycles. The zero-order chi connectivity index (χ0) is 21.4. The molecule has 0 radical (unpaired) electrons. The van der Waals surface area contributed by atoms with E-state index in [0.717, 1.165) is 19.3 Å². The van der Waals surface area contributed by atoms with Crippen molar-refractivity contribution in [2.45, 2.75) is 70.8 Å². The van der Waals surface area contributed by atoms with Gasteiger partial charge in [-0.3, -0.25) is 19.2 Å². The van der Waals surface area contributed by atoms with E-state index in [-0.39, 0.29) is 18.3 Å². The first-order valence-corrected chi connectivity index (χ1v) is 10.7. The van der Waals surface area contributed by atoms with Gasteiger partial charge in [-0.15, -0.1) is 0 Å². The molecule has 6 heteroatoms. The lowest BCUT2D eigenvalue weighted by Crippen LogP contribution is -2.38. The van der Waals surface area contributed by atoms with Gasteiger partial charge in [-0.25, -0.2) is 0 Å². The number of carboxylic acid groups (broad SMARTS) is 1. The summed E-state index contributed by atoms with van der Waals surface area (Å²) in [5, 5.41) is 18.9. The Morgan fingerprint density at radius 2 is 1.83 bits per heavy atom. The van der Waals surface area contributed by atoms with E-state index in [9.17, 15) is 24.3 Å². The first kappa shape index (κ1) is 23.2. The van der Waals surface area contributed by atoms with E-state index in [1.165, 1.54) is 0 Å². The third-order valence-electron chi connectivity index (χ3n) is 6.10. The fourth-order valence-corrected chi connectivity index (χ4v) is 4.51. The van der Waals surface area contributed by atoms with Crippen molar-refractivity contribution < 1.29 is 29.4 Å². The largest absolute Gasteiger partial charge is 0.481 e. The van der Waals surface area contributed by atoms with Gasteiger partial charge in [0.2, 0.25) is 11.6 Å². The lowest BCUT2D eigenvalue weighted by atomic mass is 9.83. The monoisotopic (exact) mass is 404 g/mol. The quantitative estimate of drug-likeness (QED) is 0.294. The maximum absolute atomic E-state index is 12.3. The normalized spacial score (nSPS) is 28.0. The molecule has 29 heavy (non-hydrogen) atoms. The number of rotatable bonds is 12. The highest BCUT2D eigenvalue weighted by atomic mass is 16.4. The average molecular weight is 405 g/mol. The topological polar surface area (TPSA) is 109 Å². The number of aliphatic hydroxyl groups is 1. The van der Waals surface area contributed by atoms with Crippen molar-refractivity contribution in [2.75, 3.05) is 0 Å². The third kappa shape index (κ3) is 6.20. The number of allylic oxidation sites excluding steroid dienone is 3. The maximum Gasteiger partial charge on any atom is 0.303 e. The molecule has 5 unspecified atom stereocenters. The van der Waals surface area contributed by atoms with Crippen LogP contribution in [-0.2, 0) is 19.2 Å². The highest BCUT2D eigenvalue weighted by Crippen LogP contribution is 2.48. The molecule has 0 aromatic rings. The van der Waals surface area contributed by atoms with E-state index in [1.807, 2.05) is 18.2 Å². The van der Waals surface area contributed by atoms with Crippen molar-refractivity contribution in [3.8, 4) is 0 Å². The predicted molar refractivity (Wildman–Crippen MR) is 108 cm³/mol. The van der Waals surface area contributed by atoms with E-state index < -0.39 is 41.3 Å². The zero-order valence-electron chi connectivity index (χ0n) is 17.1. The molecule has 0 heterocycles. The number of aliphatic carboxylic acids is 1. The lowest BCUT2D eigenvalue weighted by molar-refractivity contribution is -0.149. The third-order valence-corrected chi connectivity index (χ3v) is 6.10. The summed E-state index contributed by atoms with van der Waals surface area (Å²) in [6.45, 7) is 2.10. The molecule has 6 nitrogen and oxygen atoms in total. The van der Waals surface area contributed by atoms with Crippen molar-refractivity contribution in [3.63, 3.8) is 0 Å². The minimum atomic E-state index is -0.874. The molecule has 0 aliphatic heterocycles. The van der Waals surface area contributed by atoms with Gasteiger partial charge in [0, 0.05) is 18.3 Å². The number of carboxylic acids is 1. The predicted octanol–water partition coefficient (Wildman–Crippen LogP) is 3.27. The molecule has 2 rings (SSSR count). The van der Waals surface area contributed by atoms with Crippen LogP contribution in [0.4, 0.5) is 0 Å². The standard InChI is InChI=1S/C23H32O6/c1-2-3-6-9-15(24)12-13-17-16(10-7-4-5-8-11-20(25)26)18-14-19(17)22(28)23(29)21(18)27/h4,7,12-13,15-19,24H,2-3,5-6,8-11,14H2,1H3,(H,25,26). The Hall–Kier alpha value is -2.08. The molecule has 2 N–H and O–H groups in total. The van der Waals surface area contributed by atoms with E-state index >= 15 is 0 Å². The number of carbonyl (C=O) groups excluding carboxylic acids is 3. The summed E-state index contributed by atoms with van der Waals surface area (Å²) in [6.07, 6.45) is 12.8. The zero-order valence-corrected chi connectivity index (χ0v) is 17.1. The number of unbranched alkanes of at least 4 members (excludes halogenated alkanes) is 3. The summed E-state index contributed by atoms with van der Waals surface area (Å²) < 4.78 is 0. The number of hydrogen-bond donors (Lipinski definition) is 2. The second kappa shape index (κ2) is 11.2. The SMILES string of the molecule is CCCCCC(O)C=CC1C2CC(C(=O)C(=O)C2=O)C1CC=CCCCC(=O)O. The summed E-state index contributed by atoms with van der Waals surface area (Å²) in [6, 6.07) is 0. The molecule has 2 bridgehead atoms. The van der Waals surface area contributed by atoms with Gasteiger partial charge in [0.1, 0.15) is 0 Å². The highest BCUT2D eigenvalue weighted by Gasteiger charge is 2.55. The van der Waals surface area contributed by atoms with Gasteiger partial charge in [0.15, 0.2) is 0 Å². The Kier molecular flexibility index (Phi) is 8.96. The fraction of sp³-hybridized carbons (Fsp3) is 0.652. The van der Waals surface area contributed by atoms with Crippen LogP contribution >= 0.6 is 0 Å². The van der Waals surface area contributed by atoms with Gasteiger partial charge in [-0.2, -0.15) is 0 Å². The Morgan fingerprint density at radius 1 is 1.10 bits per heavy atom. The van der Waals surface area contributed by atoms with Gasteiger partial charge in [-0.05, 0) is 43.9 Å². The molecule has 0 aromatic heterocycles. The number of carbonyl (C=O) groups is 4. The number of aliphatic hydroxyl groups excluding tert-OH is 1. The molecule has 5 atom stereocenters. The van der Waals surface area contributed by atoms with Crippen LogP contribution in [0.25, 0.3) is 0 Å². The van der Waals surface area contributed by atoms with Gasteiger partial charge in [-0.1, -0.05) is 50.5 Å². The van der Waals surface area contributed by atoms with Crippen molar-refractivity contribution in [3.05, 3.63) is 24.3 Å². The van der Waals surface area contributed by atoms with E-state index in [1.54, 1.807) is 6.08 Å². The van der Waals surface area contributed by atoms with Crippen LogP contribution in [0.1, 0.15) is 64.7 Å². The van der Waals surface area contributed by atoms with E-state index in [4.69, 9.17) is 5.11 Å². The number of hydrogen-bond acceptors (Lipinski definition) is 5. The average Bonchev–Trinajstić information content (AvgIpc) is 3.02. The van der Waals surface area contributed by atoms with Crippen LogP contribution in [0.2, 0.25) is 0 Å². The van der Waals surface area contributed by atoms with Crippen LogP contribution < -0.4 is 0 Å². The molecule has 0 amide bonds. The first-order valence-electron chi connectivity index (χ1n) is 10.7. The molecule has 0 saturated heterocycles.